The summed E-state index contributed by atoms with van der Waals surface area (Å²) < 4.78 is 0. The molecule has 0 heterocycles. The van der Waals surface area contributed by atoms with Crippen LogP contribution in [0.4, 0.5) is 0 Å². The van der Waals surface area contributed by atoms with E-state index in [1.807, 2.05) is 7.05 Å². The van der Waals surface area contributed by atoms with E-state index in [4.69, 9.17) is 0 Å². The molecule has 62 valence electrons. The first-order valence-corrected chi connectivity index (χ1v) is 4.08. The topological polar surface area (TPSA) is 14.1 Å². The van der Waals surface area contributed by atoms with Crippen molar-refractivity contribution in [2.45, 2.75) is 34.1 Å². The Labute approximate surface area is 121 Å². The van der Waals surface area contributed by atoms with Crippen LogP contribution >= 0.6 is 0 Å². The maximum absolute atomic E-state index is 4.17. The molecule has 0 aromatic heterocycles. The second kappa shape index (κ2) is 7.20. The van der Waals surface area contributed by atoms with Gasteiger partial charge in [-0.15, -0.1) is 6.54 Å². The SMILES string of the molecule is CCC(C[N-]C)C(C)(C)C.[Rb+]. The minimum absolute atomic E-state index is 0. The van der Waals surface area contributed by atoms with Gasteiger partial charge in [0.2, 0.25) is 0 Å². The average molecular weight is 228 g/mol. The number of nitrogens with zero attached hydrogens (tertiary/aromatic N) is 1. The summed E-state index contributed by atoms with van der Waals surface area (Å²) in [5.74, 6) is 0.748. The first-order valence-electron chi connectivity index (χ1n) is 4.08. The van der Waals surface area contributed by atoms with Gasteiger partial charge in [0.15, 0.2) is 0 Å². The van der Waals surface area contributed by atoms with Gasteiger partial charge < -0.3 is 5.32 Å². The van der Waals surface area contributed by atoms with Crippen molar-refractivity contribution in [1.29, 1.82) is 0 Å². The Hall–Kier alpha value is 1.77. The summed E-state index contributed by atoms with van der Waals surface area (Å²) in [5, 5.41) is 4.17. The number of hydrogen-bond acceptors (Lipinski definition) is 0. The van der Waals surface area contributed by atoms with Crippen LogP contribution in [0.25, 0.3) is 5.32 Å². The first kappa shape index (κ1) is 15.2. The third kappa shape index (κ3) is 6.89. The van der Waals surface area contributed by atoms with Crippen molar-refractivity contribution in [3.8, 4) is 0 Å². The van der Waals surface area contributed by atoms with Crippen molar-refractivity contribution in [3.05, 3.63) is 5.32 Å². The maximum Gasteiger partial charge on any atom is 1.00 e. The van der Waals surface area contributed by atoms with Crippen molar-refractivity contribution < 1.29 is 58.2 Å². The summed E-state index contributed by atoms with van der Waals surface area (Å²) in [6.45, 7) is 10.1. The smallest absolute Gasteiger partial charge is 0.665 e. The molecule has 0 radical (unpaired) electrons. The normalized spacial score (nSPS) is 13.9. The first-order chi connectivity index (χ1) is 4.52. The van der Waals surface area contributed by atoms with Gasteiger partial charge >= 0.3 is 58.2 Å². The van der Waals surface area contributed by atoms with Gasteiger partial charge in [0.05, 0.1) is 0 Å². The summed E-state index contributed by atoms with van der Waals surface area (Å²) >= 11 is 0. The standard InChI is InChI=1S/C9H20N.Rb/c1-6-8(7-10-5)9(2,3)4;/h8H,6-7H2,1-5H3;/q-1;+1. The fraction of sp³-hybridized carbons (Fsp3) is 1.00. The van der Waals surface area contributed by atoms with E-state index in [1.165, 1.54) is 6.42 Å². The predicted octanol–water partition coefficient (Wildman–Crippen LogP) is 0.0662. The zero-order chi connectivity index (χ0) is 8.20. The van der Waals surface area contributed by atoms with Crippen molar-refractivity contribution >= 4 is 0 Å². The molecular weight excluding hydrogens is 208 g/mol. The van der Waals surface area contributed by atoms with E-state index in [1.54, 1.807) is 0 Å². The molecule has 0 bridgehead atoms. The maximum atomic E-state index is 4.17. The van der Waals surface area contributed by atoms with E-state index < -0.39 is 0 Å². The largest absolute Gasteiger partial charge is 1.00 e. The minimum Gasteiger partial charge on any atom is -0.665 e. The molecule has 0 aliphatic carbocycles. The van der Waals surface area contributed by atoms with Crippen LogP contribution in [0.5, 0.6) is 0 Å². The second-order valence-corrected chi connectivity index (χ2v) is 3.97. The van der Waals surface area contributed by atoms with Gasteiger partial charge in [-0.3, -0.25) is 0 Å². The Morgan fingerprint density at radius 1 is 1.27 bits per heavy atom. The van der Waals surface area contributed by atoms with Gasteiger partial charge in [-0.25, -0.2) is 0 Å². The van der Waals surface area contributed by atoms with Gasteiger partial charge in [-0.2, -0.15) is 7.05 Å². The zero-order valence-electron chi connectivity index (χ0n) is 8.94. The summed E-state index contributed by atoms with van der Waals surface area (Å²) in [6.07, 6.45) is 1.24. The molecule has 0 saturated carbocycles. The molecule has 1 unspecified atom stereocenters. The molecule has 0 spiro atoms. The van der Waals surface area contributed by atoms with Gasteiger partial charge in [0.1, 0.15) is 0 Å². The second-order valence-electron chi connectivity index (χ2n) is 3.97. The Bertz CT molecular complexity index is 86.1. The monoisotopic (exact) mass is 227 g/mol. The van der Waals surface area contributed by atoms with Crippen LogP contribution in [0.15, 0.2) is 0 Å². The Kier molecular flexibility index (Phi) is 9.97. The van der Waals surface area contributed by atoms with Crippen LogP contribution in [-0.2, 0) is 0 Å². The van der Waals surface area contributed by atoms with Crippen molar-refractivity contribution in [3.63, 3.8) is 0 Å². The van der Waals surface area contributed by atoms with Gasteiger partial charge in [0, 0.05) is 0 Å². The van der Waals surface area contributed by atoms with Gasteiger partial charge in [0.25, 0.3) is 0 Å². The van der Waals surface area contributed by atoms with E-state index in [2.05, 4.69) is 33.0 Å². The van der Waals surface area contributed by atoms with Gasteiger partial charge in [-0.1, -0.05) is 40.0 Å². The Balaban J connectivity index is 0. The molecular formula is C9H20NRb. The third-order valence-corrected chi connectivity index (χ3v) is 2.12. The number of rotatable bonds is 3. The van der Waals surface area contributed by atoms with E-state index in [0.717, 1.165) is 12.5 Å². The van der Waals surface area contributed by atoms with Crippen LogP contribution < -0.4 is 58.2 Å². The van der Waals surface area contributed by atoms with E-state index in [-0.39, 0.29) is 58.2 Å². The molecule has 1 nitrogen and oxygen atoms in total. The van der Waals surface area contributed by atoms with E-state index in [9.17, 15) is 0 Å². The Morgan fingerprint density at radius 3 is 1.82 bits per heavy atom. The fourth-order valence-corrected chi connectivity index (χ4v) is 1.24. The quantitative estimate of drug-likeness (QED) is 0.648. The van der Waals surface area contributed by atoms with E-state index in [0.29, 0.717) is 5.41 Å². The predicted molar refractivity (Wildman–Crippen MR) is 47.4 cm³/mol. The molecule has 0 saturated heterocycles. The summed E-state index contributed by atoms with van der Waals surface area (Å²) in [5.41, 5.74) is 0.425. The fourth-order valence-electron chi connectivity index (χ4n) is 1.24. The molecule has 0 aliphatic rings. The molecule has 0 aromatic rings. The minimum atomic E-state index is 0. The molecule has 0 aromatic carbocycles. The summed E-state index contributed by atoms with van der Waals surface area (Å²) in [6, 6.07) is 0. The van der Waals surface area contributed by atoms with Crippen LogP contribution in [0.3, 0.4) is 0 Å². The van der Waals surface area contributed by atoms with Crippen molar-refractivity contribution in [2.24, 2.45) is 11.3 Å². The molecule has 0 N–H and O–H groups in total. The Morgan fingerprint density at radius 2 is 1.73 bits per heavy atom. The van der Waals surface area contributed by atoms with Crippen LogP contribution in [0, 0.1) is 11.3 Å². The molecule has 0 fully saturated rings. The molecule has 0 rings (SSSR count). The number of hydrogen-bond donors (Lipinski definition) is 0. The van der Waals surface area contributed by atoms with Crippen molar-refractivity contribution in [1.82, 2.24) is 0 Å². The van der Waals surface area contributed by atoms with Crippen LogP contribution in [-0.4, -0.2) is 13.6 Å². The molecule has 11 heavy (non-hydrogen) atoms. The zero-order valence-corrected chi connectivity index (χ0v) is 13.9. The summed E-state index contributed by atoms with van der Waals surface area (Å²) in [7, 11) is 1.90. The molecule has 1 atom stereocenters. The van der Waals surface area contributed by atoms with Crippen LogP contribution in [0.1, 0.15) is 34.1 Å². The molecule has 0 amide bonds. The molecule has 0 aliphatic heterocycles. The van der Waals surface area contributed by atoms with E-state index >= 15 is 0 Å². The average Bonchev–Trinajstić information content (AvgIpc) is 1.80. The summed E-state index contributed by atoms with van der Waals surface area (Å²) in [4.78, 5) is 0. The van der Waals surface area contributed by atoms with Gasteiger partial charge in [-0.05, 0) is 5.41 Å². The van der Waals surface area contributed by atoms with Crippen LogP contribution in [0.2, 0.25) is 0 Å². The molecule has 2 heteroatoms. The van der Waals surface area contributed by atoms with Crippen molar-refractivity contribution in [2.75, 3.05) is 13.6 Å². The third-order valence-electron chi connectivity index (χ3n) is 2.12.